The van der Waals surface area contributed by atoms with Crippen molar-refractivity contribution in [3.63, 3.8) is 0 Å². The van der Waals surface area contributed by atoms with Crippen molar-refractivity contribution in [1.82, 2.24) is 5.32 Å². The number of amides is 1. The summed E-state index contributed by atoms with van der Waals surface area (Å²) >= 11 is 0. The molecule has 3 rings (SSSR count). The molecule has 0 radical (unpaired) electrons. The van der Waals surface area contributed by atoms with Crippen LogP contribution < -0.4 is 15.4 Å². The highest BCUT2D eigenvalue weighted by Crippen LogP contribution is 2.29. The third-order valence-corrected chi connectivity index (χ3v) is 5.53. The molecule has 7 nitrogen and oxygen atoms in total. The van der Waals surface area contributed by atoms with E-state index < -0.39 is 29.4 Å². The van der Waals surface area contributed by atoms with Crippen molar-refractivity contribution < 1.29 is 27.5 Å². The molecule has 2 aromatic rings. The average molecular weight is 489 g/mol. The number of benzene rings is 2. The van der Waals surface area contributed by atoms with E-state index >= 15 is 0 Å². The molecule has 2 aromatic carbocycles. The van der Waals surface area contributed by atoms with Crippen LogP contribution in [0.15, 0.2) is 40.5 Å². The van der Waals surface area contributed by atoms with Gasteiger partial charge in [-0.05, 0) is 62.4 Å². The van der Waals surface area contributed by atoms with Gasteiger partial charge in [-0.15, -0.1) is 5.10 Å². The fourth-order valence-electron chi connectivity index (χ4n) is 3.62. The Labute approximate surface area is 201 Å². The summed E-state index contributed by atoms with van der Waals surface area (Å²) in [5.74, 6) is -3.08. The maximum atomic E-state index is 14.2. The third kappa shape index (κ3) is 6.68. The Morgan fingerprint density at radius 2 is 1.89 bits per heavy atom. The van der Waals surface area contributed by atoms with E-state index in [0.29, 0.717) is 30.5 Å². The van der Waals surface area contributed by atoms with E-state index in [2.05, 4.69) is 20.8 Å². The number of halogens is 3. The molecule has 1 amide bonds. The van der Waals surface area contributed by atoms with Gasteiger partial charge in [-0.2, -0.15) is 5.10 Å². The highest BCUT2D eigenvalue weighted by Gasteiger charge is 2.23. The van der Waals surface area contributed by atoms with Gasteiger partial charge in [0.15, 0.2) is 17.4 Å². The van der Waals surface area contributed by atoms with Crippen LogP contribution in [0.1, 0.15) is 37.3 Å². The molecule has 35 heavy (non-hydrogen) atoms. The quantitative estimate of drug-likeness (QED) is 0.555. The number of hydrogen-bond acceptors (Lipinski definition) is 6. The van der Waals surface area contributed by atoms with Crippen LogP contribution in [0.25, 0.3) is 0 Å². The first kappa shape index (κ1) is 25.9. The molecule has 0 spiro atoms. The van der Waals surface area contributed by atoms with Crippen LogP contribution in [-0.2, 0) is 16.0 Å². The topological polar surface area (TPSA) is 92.2 Å². The predicted octanol–water partition coefficient (Wildman–Crippen LogP) is 4.13. The Hall–Kier alpha value is -3.69. The Bertz CT molecular complexity index is 1180. The van der Waals surface area contributed by atoms with Crippen molar-refractivity contribution in [2.45, 2.75) is 45.6 Å². The molecule has 1 unspecified atom stereocenters. The zero-order chi connectivity index (χ0) is 25.5. The number of Topliss-reactive ketones (excluding diaryl/α,β-unsaturated/α-hetero) is 1. The minimum atomic E-state index is -0.994. The summed E-state index contributed by atoms with van der Waals surface area (Å²) in [6.45, 7) is 2.81. The number of ether oxygens (including phenoxy) is 1. The molecule has 0 fully saturated rings. The lowest BCUT2D eigenvalue weighted by Crippen LogP contribution is -2.46. The molecular formula is C25H27F3N4O3. The minimum absolute atomic E-state index is 0.0761. The van der Waals surface area contributed by atoms with E-state index in [4.69, 9.17) is 4.74 Å². The molecule has 1 aliphatic rings. The zero-order valence-corrected chi connectivity index (χ0v) is 19.8. The van der Waals surface area contributed by atoms with E-state index in [1.54, 1.807) is 20.0 Å². The lowest BCUT2D eigenvalue weighted by atomic mass is 10.0. The van der Waals surface area contributed by atoms with Crippen LogP contribution >= 0.6 is 0 Å². The maximum absolute atomic E-state index is 14.2. The van der Waals surface area contributed by atoms with Crippen molar-refractivity contribution in [2.24, 2.45) is 10.2 Å². The highest BCUT2D eigenvalue weighted by atomic mass is 19.2. The molecular weight excluding hydrogens is 461 g/mol. The molecule has 2 N–H and O–H groups in total. The summed E-state index contributed by atoms with van der Waals surface area (Å²) in [6, 6.07) is 5.91. The van der Waals surface area contributed by atoms with Crippen molar-refractivity contribution >= 4 is 28.8 Å². The summed E-state index contributed by atoms with van der Waals surface area (Å²) in [5.41, 5.74) is 1.58. The van der Waals surface area contributed by atoms with Gasteiger partial charge in [-0.25, -0.2) is 13.2 Å². The second kappa shape index (κ2) is 11.6. The first-order valence-corrected chi connectivity index (χ1v) is 11.2. The molecule has 186 valence electrons. The Morgan fingerprint density at radius 1 is 1.11 bits per heavy atom. The number of aryl methyl sites for hydroxylation is 1. The normalized spacial score (nSPS) is 14.3. The number of nitrogens with zero attached hydrogens (tertiary/aromatic N) is 2. The van der Waals surface area contributed by atoms with Gasteiger partial charge < -0.3 is 15.4 Å². The number of ketones is 1. The molecule has 0 aliphatic carbocycles. The summed E-state index contributed by atoms with van der Waals surface area (Å²) in [5, 5.41) is 13.4. The molecule has 0 aromatic heterocycles. The fourth-order valence-corrected chi connectivity index (χ4v) is 3.62. The zero-order valence-electron chi connectivity index (χ0n) is 19.8. The van der Waals surface area contributed by atoms with Crippen LogP contribution in [0.3, 0.4) is 0 Å². The summed E-state index contributed by atoms with van der Waals surface area (Å²) in [7, 11) is 1.55. The second-order valence-corrected chi connectivity index (χ2v) is 8.27. The number of nitrogens with one attached hydrogen (secondary N) is 2. The molecule has 0 saturated heterocycles. The third-order valence-electron chi connectivity index (χ3n) is 5.53. The number of rotatable bonds is 9. The molecule has 1 aliphatic heterocycles. The van der Waals surface area contributed by atoms with Gasteiger partial charge >= 0.3 is 0 Å². The molecule has 1 heterocycles. The van der Waals surface area contributed by atoms with Gasteiger partial charge in [0.1, 0.15) is 35.6 Å². The minimum Gasteiger partial charge on any atom is -0.489 e. The average Bonchev–Trinajstić information content (AvgIpc) is 3.04. The Kier molecular flexibility index (Phi) is 8.62. The number of carbonyl (C=O) groups excluding carboxylic acids is 2. The van der Waals surface area contributed by atoms with Gasteiger partial charge in [0.05, 0.1) is 0 Å². The molecule has 0 bridgehead atoms. The van der Waals surface area contributed by atoms with E-state index in [-0.39, 0.29) is 41.5 Å². The smallest absolute Gasteiger partial charge is 0.268 e. The lowest BCUT2D eigenvalue weighted by molar-refractivity contribution is -0.124. The van der Waals surface area contributed by atoms with Gasteiger partial charge in [-0.1, -0.05) is 12.1 Å². The lowest BCUT2D eigenvalue weighted by Gasteiger charge is -2.19. The predicted molar refractivity (Wildman–Crippen MR) is 128 cm³/mol. The Morgan fingerprint density at radius 3 is 2.60 bits per heavy atom. The first-order valence-electron chi connectivity index (χ1n) is 11.2. The van der Waals surface area contributed by atoms with E-state index in [1.165, 1.54) is 25.1 Å². The highest BCUT2D eigenvalue weighted by molar-refractivity contribution is 6.39. The largest absolute Gasteiger partial charge is 0.489 e. The van der Waals surface area contributed by atoms with E-state index in [0.717, 1.165) is 6.07 Å². The van der Waals surface area contributed by atoms with Crippen molar-refractivity contribution in [1.29, 1.82) is 0 Å². The molecule has 0 saturated carbocycles. The SMILES string of the molecule is CNc1c(F)cc(C)cc1OCC(NC(=O)C1=NN=C(Cc2cccc(F)c2F)CCC1)C(C)=O. The summed E-state index contributed by atoms with van der Waals surface area (Å²) in [6.07, 6.45) is 1.36. The Balaban J connectivity index is 1.68. The summed E-state index contributed by atoms with van der Waals surface area (Å²) < 4.78 is 47.2. The van der Waals surface area contributed by atoms with Crippen molar-refractivity contribution in [3.05, 3.63) is 58.9 Å². The fraction of sp³-hybridized carbons (Fsp3) is 0.360. The number of hydrogen-bond donors (Lipinski definition) is 2. The standard InChI is InChI=1S/C25H27F3N4O3/c1-14-10-19(27)24(29-3)22(11-14)35-13-21(15(2)33)30-25(34)20-9-5-7-17(31-32-20)12-16-6-4-8-18(26)23(16)28/h4,6,8,10-11,21,29H,5,7,9,12-13H2,1-3H3,(H,30,34). The van der Waals surface area contributed by atoms with Gasteiger partial charge in [0.25, 0.3) is 5.91 Å². The number of carbonyl (C=O) groups is 2. The van der Waals surface area contributed by atoms with Crippen LogP contribution in [-0.4, -0.2) is 42.8 Å². The van der Waals surface area contributed by atoms with Crippen LogP contribution in [0.5, 0.6) is 5.75 Å². The van der Waals surface area contributed by atoms with Crippen molar-refractivity contribution in [3.8, 4) is 5.75 Å². The first-order chi connectivity index (χ1) is 16.7. The van der Waals surface area contributed by atoms with E-state index in [9.17, 15) is 22.8 Å². The van der Waals surface area contributed by atoms with Crippen LogP contribution in [0, 0.1) is 24.4 Å². The van der Waals surface area contributed by atoms with Gasteiger partial charge in [0.2, 0.25) is 0 Å². The number of anilines is 1. The van der Waals surface area contributed by atoms with Crippen LogP contribution in [0.2, 0.25) is 0 Å². The van der Waals surface area contributed by atoms with E-state index in [1.807, 2.05) is 0 Å². The molecule has 10 heteroatoms. The molecule has 1 atom stereocenters. The second-order valence-electron chi connectivity index (χ2n) is 8.27. The monoisotopic (exact) mass is 488 g/mol. The van der Waals surface area contributed by atoms with Gasteiger partial charge in [-0.3, -0.25) is 9.59 Å². The van der Waals surface area contributed by atoms with Crippen molar-refractivity contribution in [2.75, 3.05) is 19.0 Å². The van der Waals surface area contributed by atoms with Gasteiger partial charge in [0, 0.05) is 19.2 Å². The summed E-state index contributed by atoms with van der Waals surface area (Å²) in [4.78, 5) is 24.9. The van der Waals surface area contributed by atoms with Crippen LogP contribution in [0.4, 0.5) is 18.9 Å². The maximum Gasteiger partial charge on any atom is 0.268 e.